The van der Waals surface area contributed by atoms with E-state index in [9.17, 15) is 9.59 Å². The molecule has 21 heavy (non-hydrogen) atoms. The maximum atomic E-state index is 11.8. The number of hydrogen-bond donors (Lipinski definition) is 4. The predicted molar refractivity (Wildman–Crippen MR) is 78.4 cm³/mol. The number of hydrogen-bond acceptors (Lipinski definition) is 6. The normalized spacial score (nSPS) is 10.7. The second kappa shape index (κ2) is 6.75. The molecule has 0 amide bonds. The van der Waals surface area contributed by atoms with E-state index in [2.05, 4.69) is 20.3 Å². The minimum absolute atomic E-state index is 0.0974. The number of nitrogens with two attached hydrogens (primary N) is 1. The van der Waals surface area contributed by atoms with Crippen LogP contribution in [0.3, 0.4) is 0 Å². The van der Waals surface area contributed by atoms with Gasteiger partial charge in [0.2, 0.25) is 0 Å². The van der Waals surface area contributed by atoms with Gasteiger partial charge in [0, 0.05) is 32.5 Å². The summed E-state index contributed by atoms with van der Waals surface area (Å²) in [6.07, 6.45) is 3.98. The molecule has 2 rings (SSSR count). The zero-order chi connectivity index (χ0) is 15.2. The summed E-state index contributed by atoms with van der Waals surface area (Å²) in [7, 11) is 1.52. The Bertz CT molecular complexity index is 688. The Morgan fingerprint density at radius 3 is 2.95 bits per heavy atom. The molecule has 0 fully saturated rings. The lowest BCUT2D eigenvalue weighted by atomic mass is 10.3. The standard InChI is InChI=1S/C12H18N6O3/c1-21-7-6-18-10(13)9(11(19)17-12(18)20)16-3-2-8-14-4-5-15-8/h4-5,16H,2-3,6-7,13H2,1H3,(H,14,15)(H,17,19,20). The molecule has 114 valence electrons. The van der Waals surface area contributed by atoms with Crippen molar-refractivity contribution in [1.82, 2.24) is 19.5 Å². The Morgan fingerprint density at radius 2 is 2.29 bits per heavy atom. The first kappa shape index (κ1) is 14.9. The minimum atomic E-state index is -0.550. The molecule has 0 aromatic carbocycles. The van der Waals surface area contributed by atoms with Crippen molar-refractivity contribution in [2.45, 2.75) is 13.0 Å². The summed E-state index contributed by atoms with van der Waals surface area (Å²) < 4.78 is 6.18. The summed E-state index contributed by atoms with van der Waals surface area (Å²) in [5.74, 6) is 0.894. The van der Waals surface area contributed by atoms with Crippen LogP contribution in [-0.4, -0.2) is 39.8 Å². The van der Waals surface area contributed by atoms with Gasteiger partial charge in [-0.15, -0.1) is 0 Å². The van der Waals surface area contributed by atoms with E-state index in [1.54, 1.807) is 12.4 Å². The van der Waals surface area contributed by atoms with E-state index >= 15 is 0 Å². The van der Waals surface area contributed by atoms with Gasteiger partial charge in [0.05, 0.1) is 13.2 Å². The third kappa shape index (κ3) is 3.51. The monoisotopic (exact) mass is 294 g/mol. The molecule has 0 aliphatic heterocycles. The summed E-state index contributed by atoms with van der Waals surface area (Å²) in [4.78, 5) is 32.8. The Morgan fingerprint density at radius 1 is 1.48 bits per heavy atom. The van der Waals surface area contributed by atoms with E-state index in [4.69, 9.17) is 10.5 Å². The van der Waals surface area contributed by atoms with Gasteiger partial charge < -0.3 is 20.8 Å². The summed E-state index contributed by atoms with van der Waals surface area (Å²) in [5.41, 5.74) is 4.98. The minimum Gasteiger partial charge on any atom is -0.383 e. The van der Waals surface area contributed by atoms with Crippen LogP contribution in [0.1, 0.15) is 5.82 Å². The highest BCUT2D eigenvalue weighted by atomic mass is 16.5. The summed E-state index contributed by atoms with van der Waals surface area (Å²) in [5, 5.41) is 2.93. The quantitative estimate of drug-likeness (QED) is 0.526. The smallest absolute Gasteiger partial charge is 0.330 e. The lowest BCUT2D eigenvalue weighted by Gasteiger charge is -2.13. The van der Waals surface area contributed by atoms with Crippen LogP contribution in [0.25, 0.3) is 0 Å². The van der Waals surface area contributed by atoms with Crippen molar-refractivity contribution in [2.24, 2.45) is 0 Å². The number of aromatic amines is 2. The zero-order valence-electron chi connectivity index (χ0n) is 11.7. The molecule has 9 heteroatoms. The third-order valence-corrected chi connectivity index (χ3v) is 2.98. The molecule has 0 bridgehead atoms. The Balaban J connectivity index is 2.14. The van der Waals surface area contributed by atoms with Crippen molar-refractivity contribution < 1.29 is 4.74 Å². The molecule has 2 aromatic heterocycles. The number of methoxy groups -OCH3 is 1. The molecule has 0 spiro atoms. The summed E-state index contributed by atoms with van der Waals surface area (Å²) in [6.45, 7) is 1.05. The first-order valence-electron chi connectivity index (χ1n) is 6.47. The number of ether oxygens (including phenoxy) is 1. The maximum absolute atomic E-state index is 11.8. The van der Waals surface area contributed by atoms with Crippen LogP contribution < -0.4 is 22.3 Å². The molecule has 0 aliphatic rings. The molecule has 0 aliphatic carbocycles. The summed E-state index contributed by atoms with van der Waals surface area (Å²) >= 11 is 0. The maximum Gasteiger partial charge on any atom is 0.330 e. The highest BCUT2D eigenvalue weighted by molar-refractivity contribution is 5.60. The van der Waals surface area contributed by atoms with Crippen LogP contribution >= 0.6 is 0 Å². The fourth-order valence-corrected chi connectivity index (χ4v) is 1.90. The Labute approximate surface area is 120 Å². The molecule has 5 N–H and O–H groups in total. The van der Waals surface area contributed by atoms with E-state index in [0.29, 0.717) is 19.6 Å². The van der Waals surface area contributed by atoms with Crippen molar-refractivity contribution in [3.8, 4) is 0 Å². The van der Waals surface area contributed by atoms with E-state index in [-0.39, 0.29) is 18.1 Å². The van der Waals surface area contributed by atoms with Crippen molar-refractivity contribution in [3.63, 3.8) is 0 Å². The largest absolute Gasteiger partial charge is 0.383 e. The van der Waals surface area contributed by atoms with Crippen LogP contribution in [-0.2, 0) is 17.7 Å². The zero-order valence-corrected chi connectivity index (χ0v) is 11.7. The van der Waals surface area contributed by atoms with Crippen molar-refractivity contribution in [2.75, 3.05) is 31.3 Å². The molecule has 0 atom stereocenters. The van der Waals surface area contributed by atoms with E-state index in [0.717, 1.165) is 5.82 Å². The van der Waals surface area contributed by atoms with E-state index in [1.165, 1.54) is 11.7 Å². The second-order valence-electron chi connectivity index (χ2n) is 4.38. The molecule has 2 heterocycles. The number of nitrogen functional groups attached to an aromatic ring is 1. The number of nitrogens with one attached hydrogen (secondary N) is 3. The van der Waals surface area contributed by atoms with Gasteiger partial charge in [-0.2, -0.15) is 0 Å². The van der Waals surface area contributed by atoms with Crippen LogP contribution in [0, 0.1) is 0 Å². The van der Waals surface area contributed by atoms with Gasteiger partial charge in [-0.1, -0.05) is 0 Å². The number of H-pyrrole nitrogens is 2. The molecule has 0 radical (unpaired) electrons. The number of nitrogens with zero attached hydrogens (tertiary/aromatic N) is 2. The van der Waals surface area contributed by atoms with Gasteiger partial charge in [-0.25, -0.2) is 9.78 Å². The van der Waals surface area contributed by atoms with Crippen LogP contribution in [0.2, 0.25) is 0 Å². The van der Waals surface area contributed by atoms with E-state index in [1.807, 2.05) is 0 Å². The molecule has 9 nitrogen and oxygen atoms in total. The molecular formula is C12H18N6O3. The average Bonchev–Trinajstić information content (AvgIpc) is 2.95. The van der Waals surface area contributed by atoms with Gasteiger partial charge >= 0.3 is 5.69 Å². The molecule has 2 aromatic rings. The Hall–Kier alpha value is -2.55. The van der Waals surface area contributed by atoms with Gasteiger partial charge in [0.25, 0.3) is 5.56 Å². The second-order valence-corrected chi connectivity index (χ2v) is 4.38. The number of aromatic nitrogens is 4. The number of imidazole rings is 1. The average molecular weight is 294 g/mol. The molecular weight excluding hydrogens is 276 g/mol. The van der Waals surface area contributed by atoms with Crippen molar-refractivity contribution in [1.29, 1.82) is 0 Å². The van der Waals surface area contributed by atoms with Crippen molar-refractivity contribution in [3.05, 3.63) is 39.1 Å². The Kier molecular flexibility index (Phi) is 4.77. The lowest BCUT2D eigenvalue weighted by molar-refractivity contribution is 0.186. The molecule has 0 saturated carbocycles. The first-order valence-corrected chi connectivity index (χ1v) is 6.47. The number of rotatable bonds is 7. The lowest BCUT2D eigenvalue weighted by Crippen LogP contribution is -2.35. The highest BCUT2D eigenvalue weighted by Crippen LogP contribution is 2.09. The van der Waals surface area contributed by atoms with Crippen LogP contribution in [0.15, 0.2) is 22.0 Å². The summed E-state index contributed by atoms with van der Waals surface area (Å²) in [6, 6.07) is 0. The van der Waals surface area contributed by atoms with E-state index < -0.39 is 11.2 Å². The van der Waals surface area contributed by atoms with Gasteiger partial charge in [-0.05, 0) is 0 Å². The SMILES string of the molecule is COCCn1c(N)c(NCCc2ncc[nH]2)c(=O)[nH]c1=O. The fraction of sp³-hybridized carbons (Fsp3) is 0.417. The third-order valence-electron chi connectivity index (χ3n) is 2.98. The predicted octanol–water partition coefficient (Wildman–Crippen LogP) is -0.857. The van der Waals surface area contributed by atoms with Gasteiger partial charge in [0.15, 0.2) is 0 Å². The van der Waals surface area contributed by atoms with Crippen molar-refractivity contribution >= 4 is 11.5 Å². The topological polar surface area (TPSA) is 131 Å². The van der Waals surface area contributed by atoms with Gasteiger partial charge in [0.1, 0.15) is 17.3 Å². The fourth-order valence-electron chi connectivity index (χ4n) is 1.90. The molecule has 0 unspecified atom stereocenters. The van der Waals surface area contributed by atoms with Crippen LogP contribution in [0.4, 0.5) is 11.5 Å². The highest BCUT2D eigenvalue weighted by Gasteiger charge is 2.11. The first-order chi connectivity index (χ1) is 10.1. The molecule has 0 saturated heterocycles. The number of anilines is 2. The van der Waals surface area contributed by atoms with Crippen LogP contribution in [0.5, 0.6) is 0 Å². The van der Waals surface area contributed by atoms with Gasteiger partial charge in [-0.3, -0.25) is 14.3 Å².